The van der Waals surface area contributed by atoms with Crippen LogP contribution in [0.25, 0.3) is 0 Å². The second-order valence-corrected chi connectivity index (χ2v) is 2.49. The van der Waals surface area contributed by atoms with Crippen LogP contribution < -0.4 is 0 Å². The largest absolute Gasteiger partial charge is 0.468 e. The maximum Gasteiger partial charge on any atom is 0.318 e. The number of hydrogen-bond acceptors (Lipinski definition) is 4. The maximum absolute atomic E-state index is 11.2. The minimum absolute atomic E-state index is 0.315. The van der Waals surface area contributed by atoms with Gasteiger partial charge in [-0.05, 0) is 6.42 Å². The van der Waals surface area contributed by atoms with Gasteiger partial charge in [-0.25, -0.2) is 5.06 Å². The Labute approximate surface area is 70.2 Å². The Morgan fingerprint density at radius 2 is 2.25 bits per heavy atom. The molecule has 1 unspecified atom stereocenters. The van der Waals surface area contributed by atoms with Crippen molar-refractivity contribution in [3.8, 4) is 0 Å². The number of carbonyl (C=O) groups is 2. The van der Waals surface area contributed by atoms with Crippen LogP contribution in [0.1, 0.15) is 6.42 Å². The highest BCUT2D eigenvalue weighted by Gasteiger charge is 2.38. The first kappa shape index (κ1) is 8.99. The van der Waals surface area contributed by atoms with Crippen LogP contribution in [0.3, 0.4) is 0 Å². The highest BCUT2D eigenvalue weighted by Crippen LogP contribution is 2.18. The van der Waals surface area contributed by atoms with Crippen molar-refractivity contribution in [1.29, 1.82) is 0 Å². The van der Waals surface area contributed by atoms with Gasteiger partial charge < -0.3 is 4.74 Å². The molecule has 0 aromatic carbocycles. The van der Waals surface area contributed by atoms with Crippen LogP contribution in [0.2, 0.25) is 0 Å². The summed E-state index contributed by atoms with van der Waals surface area (Å²) in [6, 6.07) is 0. The van der Waals surface area contributed by atoms with Crippen LogP contribution in [-0.2, 0) is 19.2 Å². The van der Waals surface area contributed by atoms with Gasteiger partial charge >= 0.3 is 5.97 Å². The van der Waals surface area contributed by atoms with E-state index in [0.29, 0.717) is 13.0 Å². The molecule has 68 valence electrons. The fourth-order valence-electron chi connectivity index (χ4n) is 1.20. The lowest BCUT2D eigenvalue weighted by molar-refractivity contribution is -0.172. The highest BCUT2D eigenvalue weighted by molar-refractivity contribution is 5.98. The average molecular weight is 173 g/mol. The van der Waals surface area contributed by atoms with Crippen molar-refractivity contribution >= 4 is 11.9 Å². The summed E-state index contributed by atoms with van der Waals surface area (Å²) in [6.45, 7) is 0.453. The first-order valence-electron chi connectivity index (χ1n) is 3.64. The number of hydrogen-bond donors (Lipinski definition) is 0. The molecule has 12 heavy (non-hydrogen) atoms. The monoisotopic (exact) mass is 173 g/mol. The smallest absolute Gasteiger partial charge is 0.318 e. The Morgan fingerprint density at radius 3 is 2.67 bits per heavy atom. The van der Waals surface area contributed by atoms with E-state index in [1.165, 1.54) is 19.3 Å². The van der Waals surface area contributed by atoms with Crippen molar-refractivity contribution in [1.82, 2.24) is 5.06 Å². The van der Waals surface area contributed by atoms with E-state index in [0.717, 1.165) is 0 Å². The maximum atomic E-state index is 11.2. The summed E-state index contributed by atoms with van der Waals surface area (Å²) >= 11 is 0. The molecule has 1 amide bonds. The first-order chi connectivity index (χ1) is 5.70. The molecule has 0 N–H and O–H groups in total. The quantitative estimate of drug-likeness (QED) is 0.420. The number of methoxy groups -OCH3 is 1. The zero-order valence-corrected chi connectivity index (χ0v) is 7.07. The van der Waals surface area contributed by atoms with E-state index in [1.807, 2.05) is 0 Å². The highest BCUT2D eigenvalue weighted by atomic mass is 16.7. The van der Waals surface area contributed by atoms with Crippen molar-refractivity contribution in [3.05, 3.63) is 0 Å². The molecule has 5 nitrogen and oxygen atoms in total. The van der Waals surface area contributed by atoms with E-state index >= 15 is 0 Å². The number of esters is 1. The lowest BCUT2D eigenvalue weighted by atomic mass is 10.1. The fraction of sp³-hybridized carbons (Fsp3) is 0.714. The third kappa shape index (κ3) is 1.40. The van der Waals surface area contributed by atoms with Crippen LogP contribution in [0.5, 0.6) is 0 Å². The molecule has 0 spiro atoms. The summed E-state index contributed by atoms with van der Waals surface area (Å²) in [7, 11) is 2.67. The Kier molecular flexibility index (Phi) is 2.65. The second-order valence-electron chi connectivity index (χ2n) is 2.49. The van der Waals surface area contributed by atoms with Gasteiger partial charge in [0.15, 0.2) is 0 Å². The summed E-state index contributed by atoms with van der Waals surface area (Å²) in [5.74, 6) is -1.47. The molecule has 1 atom stereocenters. The van der Waals surface area contributed by atoms with Crippen LogP contribution in [0.4, 0.5) is 0 Å². The summed E-state index contributed by atoms with van der Waals surface area (Å²) in [5, 5.41) is 1.17. The number of carbonyl (C=O) groups excluding carboxylic acids is 2. The summed E-state index contributed by atoms with van der Waals surface area (Å²) in [4.78, 5) is 26.9. The van der Waals surface area contributed by atoms with Gasteiger partial charge in [0.05, 0.1) is 14.2 Å². The topological polar surface area (TPSA) is 55.8 Å². The number of rotatable bonds is 2. The lowest BCUT2D eigenvalue weighted by Gasteiger charge is -2.11. The molecule has 1 fully saturated rings. The van der Waals surface area contributed by atoms with E-state index in [2.05, 4.69) is 4.74 Å². The summed E-state index contributed by atoms with van der Waals surface area (Å²) in [6.07, 6.45) is 0.472. The molecule has 0 aliphatic carbocycles. The fourth-order valence-corrected chi connectivity index (χ4v) is 1.20. The number of hydroxylamine groups is 2. The zero-order chi connectivity index (χ0) is 9.14. The van der Waals surface area contributed by atoms with Crippen molar-refractivity contribution in [2.24, 2.45) is 5.92 Å². The molecular formula is C7H11NO4. The second kappa shape index (κ2) is 3.53. The molecule has 5 heteroatoms. The SMILES string of the molecule is COC(=O)C1CCN(OC)C1=O. The van der Waals surface area contributed by atoms with Crippen LogP contribution in [0, 0.1) is 5.92 Å². The molecule has 0 aromatic heterocycles. The predicted octanol–water partition coefficient (Wildman–Crippen LogP) is -0.431. The Balaban J connectivity index is 2.60. The average Bonchev–Trinajstić information content (AvgIpc) is 2.45. The van der Waals surface area contributed by atoms with Crippen molar-refractivity contribution in [3.63, 3.8) is 0 Å². The zero-order valence-electron chi connectivity index (χ0n) is 7.07. The number of nitrogens with zero attached hydrogens (tertiary/aromatic N) is 1. The van der Waals surface area contributed by atoms with Crippen molar-refractivity contribution in [2.45, 2.75) is 6.42 Å². The van der Waals surface area contributed by atoms with Gasteiger partial charge in [0.1, 0.15) is 5.92 Å². The molecule has 1 aliphatic rings. The Hall–Kier alpha value is -1.10. The van der Waals surface area contributed by atoms with E-state index < -0.39 is 11.9 Å². The van der Waals surface area contributed by atoms with Gasteiger partial charge in [-0.3, -0.25) is 14.4 Å². The molecule has 1 saturated heterocycles. The normalized spacial score (nSPS) is 23.0. The molecule has 1 rings (SSSR count). The molecular weight excluding hydrogens is 162 g/mol. The Morgan fingerprint density at radius 1 is 1.58 bits per heavy atom. The van der Waals surface area contributed by atoms with Gasteiger partial charge in [-0.2, -0.15) is 0 Å². The van der Waals surface area contributed by atoms with Gasteiger partial charge in [0.2, 0.25) is 0 Å². The van der Waals surface area contributed by atoms with Gasteiger partial charge in [0, 0.05) is 6.54 Å². The van der Waals surface area contributed by atoms with E-state index in [9.17, 15) is 9.59 Å². The molecule has 1 heterocycles. The number of ether oxygens (including phenoxy) is 1. The molecule has 0 radical (unpaired) electrons. The van der Waals surface area contributed by atoms with Crippen LogP contribution in [-0.4, -0.2) is 37.7 Å². The van der Waals surface area contributed by atoms with Gasteiger partial charge in [-0.1, -0.05) is 0 Å². The van der Waals surface area contributed by atoms with Crippen molar-refractivity contribution in [2.75, 3.05) is 20.8 Å². The van der Waals surface area contributed by atoms with Crippen molar-refractivity contribution < 1.29 is 19.2 Å². The van der Waals surface area contributed by atoms with Crippen LogP contribution >= 0.6 is 0 Å². The first-order valence-corrected chi connectivity index (χ1v) is 3.64. The molecule has 1 aliphatic heterocycles. The summed E-state index contributed by atoms with van der Waals surface area (Å²) in [5.41, 5.74) is 0. The summed E-state index contributed by atoms with van der Waals surface area (Å²) < 4.78 is 4.46. The third-order valence-corrected chi connectivity index (χ3v) is 1.87. The molecule has 0 bridgehead atoms. The minimum Gasteiger partial charge on any atom is -0.468 e. The lowest BCUT2D eigenvalue weighted by Crippen LogP contribution is -2.29. The molecule has 0 aromatic rings. The molecule has 0 saturated carbocycles. The predicted molar refractivity (Wildman–Crippen MR) is 38.8 cm³/mol. The van der Waals surface area contributed by atoms with Crippen LogP contribution in [0.15, 0.2) is 0 Å². The van der Waals surface area contributed by atoms with Gasteiger partial charge in [0.25, 0.3) is 5.91 Å². The van der Waals surface area contributed by atoms with E-state index in [1.54, 1.807) is 0 Å². The standard InChI is InChI=1S/C7H11NO4/c1-11-7(10)5-3-4-8(12-2)6(5)9/h5H,3-4H2,1-2H3. The Bertz CT molecular complexity index is 204. The third-order valence-electron chi connectivity index (χ3n) is 1.87. The van der Waals surface area contributed by atoms with Gasteiger partial charge in [-0.15, -0.1) is 0 Å². The minimum atomic E-state index is -0.671. The van der Waals surface area contributed by atoms with E-state index in [-0.39, 0.29) is 5.91 Å². The van der Waals surface area contributed by atoms with E-state index in [4.69, 9.17) is 4.84 Å². The number of amides is 1.